The van der Waals surface area contributed by atoms with Crippen LogP contribution in [0.25, 0.3) is 5.69 Å². The molecule has 3 saturated carbocycles. The summed E-state index contributed by atoms with van der Waals surface area (Å²) < 4.78 is 34.5. The van der Waals surface area contributed by atoms with Crippen LogP contribution in [0.2, 0.25) is 0 Å². The number of carbonyl (C=O) groups is 2. The highest BCUT2D eigenvalue weighted by Crippen LogP contribution is 2.50. The van der Waals surface area contributed by atoms with Crippen molar-refractivity contribution in [1.29, 1.82) is 0 Å². The number of nitrogens with zero attached hydrogens (tertiary/aromatic N) is 1. The molecule has 5 rings (SSSR count). The van der Waals surface area contributed by atoms with Crippen LogP contribution >= 0.6 is 0 Å². The molecule has 0 bridgehead atoms. The Kier molecular flexibility index (Phi) is 6.96. The van der Waals surface area contributed by atoms with Crippen molar-refractivity contribution < 1.29 is 23.5 Å². The van der Waals surface area contributed by atoms with E-state index in [0.717, 1.165) is 43.2 Å². The Morgan fingerprint density at radius 1 is 1.05 bits per heavy atom. The van der Waals surface area contributed by atoms with Crippen LogP contribution in [0.4, 0.5) is 8.78 Å². The summed E-state index contributed by atoms with van der Waals surface area (Å²) in [7, 11) is 0. The fourth-order valence-electron chi connectivity index (χ4n) is 6.31. The van der Waals surface area contributed by atoms with Gasteiger partial charge in [-0.05, 0) is 85.1 Å². The van der Waals surface area contributed by atoms with Gasteiger partial charge in [0, 0.05) is 23.8 Å². The summed E-state index contributed by atoms with van der Waals surface area (Å²) in [6.45, 7) is 10.2. The molecule has 3 aliphatic rings. The predicted octanol–water partition coefficient (Wildman–Crippen LogP) is 7.40. The lowest BCUT2D eigenvalue weighted by Crippen LogP contribution is -2.46. The topological polar surface area (TPSA) is 71.3 Å². The summed E-state index contributed by atoms with van der Waals surface area (Å²) in [5.74, 6) is -5.59. The van der Waals surface area contributed by atoms with Gasteiger partial charge in [-0.15, -0.1) is 0 Å². The van der Waals surface area contributed by atoms with Gasteiger partial charge in [0.15, 0.2) is 0 Å². The van der Waals surface area contributed by atoms with Gasteiger partial charge < -0.3 is 15.0 Å². The standard InChI is InChI=1S/C32H42F2N2O3/c1-19-26(28(37)35-24-13-20(14-24)29(38)39)18-36(27(19)32(33,34)21-9-7-6-8-10-21)25-16-22(30(2,3)4)15-23(17-25)31(5)11-12-31/h15-18,20-21,24H,6-14H2,1-5H3,(H,35,37)(H,38,39)/t20-,24-. The number of benzene rings is 1. The lowest BCUT2D eigenvalue weighted by atomic mass is 9.80. The number of alkyl halides is 2. The van der Waals surface area contributed by atoms with Crippen molar-refractivity contribution in [2.75, 3.05) is 0 Å². The monoisotopic (exact) mass is 540 g/mol. The van der Waals surface area contributed by atoms with Gasteiger partial charge in [0.25, 0.3) is 11.8 Å². The maximum absolute atomic E-state index is 16.5. The van der Waals surface area contributed by atoms with Crippen molar-refractivity contribution in [3.63, 3.8) is 0 Å². The average molecular weight is 541 g/mol. The van der Waals surface area contributed by atoms with Gasteiger partial charge in [-0.2, -0.15) is 8.78 Å². The van der Waals surface area contributed by atoms with Crippen LogP contribution in [0, 0.1) is 18.8 Å². The van der Waals surface area contributed by atoms with E-state index in [9.17, 15) is 14.7 Å². The Balaban J connectivity index is 1.60. The smallest absolute Gasteiger partial charge is 0.306 e. The van der Waals surface area contributed by atoms with E-state index < -0.39 is 29.6 Å². The molecule has 39 heavy (non-hydrogen) atoms. The molecule has 212 valence electrons. The largest absolute Gasteiger partial charge is 0.481 e. The van der Waals surface area contributed by atoms with Gasteiger partial charge in [0.2, 0.25) is 0 Å². The Morgan fingerprint density at radius 2 is 1.69 bits per heavy atom. The molecular weight excluding hydrogens is 498 g/mol. The summed E-state index contributed by atoms with van der Waals surface area (Å²) >= 11 is 0. The molecule has 0 unspecified atom stereocenters. The second kappa shape index (κ2) is 9.74. The highest BCUT2D eigenvalue weighted by Gasteiger charge is 2.47. The Hall–Kier alpha value is -2.70. The minimum absolute atomic E-state index is 0.0510. The molecule has 5 nitrogen and oxygen atoms in total. The number of hydrogen-bond acceptors (Lipinski definition) is 2. The summed E-state index contributed by atoms with van der Waals surface area (Å²) in [6.07, 6.45) is 7.97. The van der Waals surface area contributed by atoms with Gasteiger partial charge in [0.05, 0.1) is 17.2 Å². The third-order valence-electron chi connectivity index (χ3n) is 9.52. The fraction of sp³-hybridized carbons (Fsp3) is 0.625. The number of aliphatic carboxylic acids is 1. The summed E-state index contributed by atoms with van der Waals surface area (Å²) in [4.78, 5) is 24.6. The van der Waals surface area contributed by atoms with Crippen molar-refractivity contribution in [2.24, 2.45) is 11.8 Å². The van der Waals surface area contributed by atoms with Crippen molar-refractivity contribution >= 4 is 11.9 Å². The molecule has 1 aromatic carbocycles. The van der Waals surface area contributed by atoms with Crippen LogP contribution < -0.4 is 5.32 Å². The number of aromatic nitrogens is 1. The fourth-order valence-corrected chi connectivity index (χ4v) is 6.31. The Labute approximate surface area is 230 Å². The maximum atomic E-state index is 16.5. The number of hydrogen-bond donors (Lipinski definition) is 2. The summed E-state index contributed by atoms with van der Waals surface area (Å²) in [5, 5.41) is 12.1. The number of halogens is 2. The minimum atomic E-state index is -3.09. The number of carboxylic acids is 1. The van der Waals surface area contributed by atoms with Crippen LogP contribution in [-0.4, -0.2) is 27.6 Å². The number of carbonyl (C=O) groups excluding carboxylic acids is 1. The zero-order valence-corrected chi connectivity index (χ0v) is 23.9. The van der Waals surface area contributed by atoms with E-state index in [1.165, 1.54) is 0 Å². The van der Waals surface area contributed by atoms with Crippen LogP contribution in [0.15, 0.2) is 24.4 Å². The van der Waals surface area contributed by atoms with Gasteiger partial charge in [-0.3, -0.25) is 9.59 Å². The molecule has 0 radical (unpaired) electrons. The van der Waals surface area contributed by atoms with Crippen LogP contribution in [-0.2, 0) is 21.5 Å². The number of nitrogens with one attached hydrogen (secondary N) is 1. The van der Waals surface area contributed by atoms with E-state index >= 15 is 8.78 Å². The van der Waals surface area contributed by atoms with E-state index in [4.69, 9.17) is 0 Å². The molecule has 2 N–H and O–H groups in total. The normalized spacial score (nSPS) is 23.3. The molecule has 7 heteroatoms. The first-order valence-electron chi connectivity index (χ1n) is 14.5. The zero-order valence-electron chi connectivity index (χ0n) is 23.9. The van der Waals surface area contributed by atoms with Crippen molar-refractivity contribution in [3.05, 3.63) is 52.3 Å². The lowest BCUT2D eigenvalue weighted by Gasteiger charge is -2.33. The molecular formula is C32H42F2N2O3. The van der Waals surface area contributed by atoms with E-state index in [-0.39, 0.29) is 28.1 Å². The first-order valence-corrected chi connectivity index (χ1v) is 14.5. The van der Waals surface area contributed by atoms with Crippen molar-refractivity contribution in [2.45, 2.75) is 115 Å². The van der Waals surface area contributed by atoms with Gasteiger partial charge in [-0.25, -0.2) is 0 Å². The van der Waals surface area contributed by atoms with Crippen LogP contribution in [0.3, 0.4) is 0 Å². The van der Waals surface area contributed by atoms with Crippen LogP contribution in [0.5, 0.6) is 0 Å². The average Bonchev–Trinajstić information content (AvgIpc) is 3.50. The molecule has 1 aromatic heterocycles. The second-order valence-corrected chi connectivity index (χ2v) is 13.6. The van der Waals surface area contributed by atoms with Gasteiger partial charge in [-0.1, -0.05) is 53.0 Å². The van der Waals surface area contributed by atoms with Gasteiger partial charge in [0.1, 0.15) is 0 Å². The Bertz CT molecular complexity index is 1250. The van der Waals surface area contributed by atoms with E-state index in [2.05, 4.69) is 39.1 Å². The number of carboxylic acid groups (broad SMARTS) is 1. The molecule has 3 fully saturated rings. The third-order valence-corrected chi connectivity index (χ3v) is 9.52. The van der Waals surface area contributed by atoms with E-state index in [0.29, 0.717) is 36.9 Å². The summed E-state index contributed by atoms with van der Waals surface area (Å²) in [6, 6.07) is 6.00. The number of amides is 1. The van der Waals surface area contributed by atoms with Crippen molar-refractivity contribution in [3.8, 4) is 5.69 Å². The first kappa shape index (κ1) is 27.9. The lowest BCUT2D eigenvalue weighted by molar-refractivity contribution is -0.145. The highest BCUT2D eigenvalue weighted by molar-refractivity contribution is 5.96. The molecule has 2 aromatic rings. The quantitative estimate of drug-likeness (QED) is 0.384. The summed E-state index contributed by atoms with van der Waals surface area (Å²) in [5.41, 5.74) is 3.24. The first-order chi connectivity index (χ1) is 18.2. The minimum Gasteiger partial charge on any atom is -0.481 e. The Morgan fingerprint density at radius 3 is 2.26 bits per heavy atom. The molecule has 0 atom stereocenters. The molecule has 0 spiro atoms. The molecule has 0 aliphatic heterocycles. The zero-order chi connectivity index (χ0) is 28.3. The van der Waals surface area contributed by atoms with E-state index in [1.807, 2.05) is 12.1 Å². The van der Waals surface area contributed by atoms with Crippen LogP contribution in [0.1, 0.15) is 118 Å². The maximum Gasteiger partial charge on any atom is 0.306 e. The SMILES string of the molecule is Cc1c(C(=O)N[C@H]2C[C@H](C(=O)O)C2)cn(-c2cc(C(C)(C)C)cc(C3(C)CC3)c2)c1C(F)(F)C1CCCCC1. The number of rotatable bonds is 7. The highest BCUT2D eigenvalue weighted by atomic mass is 19.3. The van der Waals surface area contributed by atoms with Crippen molar-refractivity contribution in [1.82, 2.24) is 9.88 Å². The molecule has 0 saturated heterocycles. The molecule has 1 amide bonds. The molecule has 3 aliphatic carbocycles. The van der Waals surface area contributed by atoms with E-state index in [1.54, 1.807) is 17.7 Å². The third kappa shape index (κ3) is 5.26. The molecule has 1 heterocycles. The second-order valence-electron chi connectivity index (χ2n) is 13.6. The van der Waals surface area contributed by atoms with Gasteiger partial charge >= 0.3 is 5.97 Å². The predicted molar refractivity (Wildman–Crippen MR) is 148 cm³/mol.